The van der Waals surface area contributed by atoms with Crippen LogP contribution in [0.3, 0.4) is 0 Å². The van der Waals surface area contributed by atoms with Crippen molar-refractivity contribution in [1.82, 2.24) is 15.5 Å². The average Bonchev–Trinajstić information content (AvgIpc) is 3.09. The number of likely N-dealkylation sites (tertiary alicyclic amines) is 1. The molecule has 2 N–H and O–H groups in total. The number of benzene rings is 1. The summed E-state index contributed by atoms with van der Waals surface area (Å²) in [4.78, 5) is 38.6. The minimum Gasteiger partial charge on any atom is -0.466 e. The van der Waals surface area contributed by atoms with Crippen LogP contribution in [-0.4, -0.2) is 48.3 Å². The van der Waals surface area contributed by atoms with Crippen molar-refractivity contribution in [2.45, 2.75) is 45.6 Å². The normalized spacial score (nSPS) is 14.4. The number of furan rings is 1. The molecule has 0 bridgehead atoms. The average molecular weight is 412 g/mol. The SMILES string of the molecule is Cc1cc(C(=O)NCC(=O)N2CCC(NC(=O)CCc3ccccc3)CC2)c(C)o1. The molecule has 0 radical (unpaired) electrons. The molecule has 30 heavy (non-hydrogen) atoms. The number of nitrogens with zero attached hydrogens (tertiary/aromatic N) is 1. The minimum absolute atomic E-state index is 0.0432. The Labute approximate surface area is 176 Å². The summed E-state index contributed by atoms with van der Waals surface area (Å²) in [6.07, 6.45) is 2.62. The van der Waals surface area contributed by atoms with Crippen LogP contribution in [0.2, 0.25) is 0 Å². The maximum atomic E-state index is 12.4. The number of amides is 3. The van der Waals surface area contributed by atoms with E-state index in [2.05, 4.69) is 10.6 Å². The van der Waals surface area contributed by atoms with Crippen molar-refractivity contribution in [3.05, 3.63) is 59.0 Å². The van der Waals surface area contributed by atoms with Gasteiger partial charge in [-0.1, -0.05) is 30.3 Å². The number of piperidine rings is 1. The van der Waals surface area contributed by atoms with E-state index in [1.807, 2.05) is 30.3 Å². The summed E-state index contributed by atoms with van der Waals surface area (Å²) in [6, 6.07) is 11.7. The lowest BCUT2D eigenvalue weighted by Crippen LogP contribution is -2.49. The van der Waals surface area contributed by atoms with Gasteiger partial charge in [-0.15, -0.1) is 0 Å². The molecule has 1 aromatic heterocycles. The number of carbonyl (C=O) groups is 3. The molecule has 0 atom stereocenters. The van der Waals surface area contributed by atoms with Crippen molar-refractivity contribution in [2.24, 2.45) is 0 Å². The highest BCUT2D eigenvalue weighted by Gasteiger charge is 2.24. The Hall–Kier alpha value is -3.09. The Morgan fingerprint density at radius 2 is 1.80 bits per heavy atom. The molecule has 7 heteroatoms. The van der Waals surface area contributed by atoms with Crippen LogP contribution in [-0.2, 0) is 16.0 Å². The molecular formula is C23H29N3O4. The van der Waals surface area contributed by atoms with Crippen molar-refractivity contribution < 1.29 is 18.8 Å². The predicted molar refractivity (Wildman–Crippen MR) is 113 cm³/mol. The second-order valence-corrected chi connectivity index (χ2v) is 7.72. The van der Waals surface area contributed by atoms with Gasteiger partial charge in [-0.25, -0.2) is 0 Å². The maximum absolute atomic E-state index is 12.4. The summed E-state index contributed by atoms with van der Waals surface area (Å²) in [5.41, 5.74) is 1.60. The van der Waals surface area contributed by atoms with Gasteiger partial charge in [0.05, 0.1) is 12.1 Å². The lowest BCUT2D eigenvalue weighted by atomic mass is 10.0. The van der Waals surface area contributed by atoms with Gasteiger partial charge in [0.15, 0.2) is 0 Å². The van der Waals surface area contributed by atoms with E-state index in [9.17, 15) is 14.4 Å². The molecule has 0 unspecified atom stereocenters. The number of rotatable bonds is 7. The van der Waals surface area contributed by atoms with Gasteiger partial charge in [-0.05, 0) is 44.7 Å². The largest absolute Gasteiger partial charge is 0.466 e. The number of aryl methyl sites for hydroxylation is 3. The molecule has 1 aliphatic rings. The molecule has 1 fully saturated rings. The van der Waals surface area contributed by atoms with Crippen molar-refractivity contribution >= 4 is 17.7 Å². The van der Waals surface area contributed by atoms with E-state index in [4.69, 9.17) is 4.42 Å². The lowest BCUT2D eigenvalue weighted by Gasteiger charge is -2.32. The van der Waals surface area contributed by atoms with E-state index in [1.165, 1.54) is 0 Å². The zero-order valence-electron chi connectivity index (χ0n) is 17.6. The third-order valence-electron chi connectivity index (χ3n) is 5.38. The molecule has 3 rings (SSSR count). The highest BCUT2D eigenvalue weighted by molar-refractivity contribution is 5.97. The first kappa shape index (κ1) is 21.6. The molecule has 3 amide bonds. The first-order valence-electron chi connectivity index (χ1n) is 10.4. The minimum atomic E-state index is -0.307. The van der Waals surface area contributed by atoms with Crippen LogP contribution in [0.4, 0.5) is 0 Å². The van der Waals surface area contributed by atoms with Crippen LogP contribution >= 0.6 is 0 Å². The summed E-state index contributed by atoms with van der Waals surface area (Å²) in [5, 5.41) is 5.74. The molecule has 7 nitrogen and oxygen atoms in total. The standard InChI is InChI=1S/C23H29N3O4/c1-16-14-20(17(2)30-16)23(29)24-15-22(28)26-12-10-19(11-13-26)25-21(27)9-8-18-6-4-3-5-7-18/h3-7,14,19H,8-13,15H2,1-2H3,(H,24,29)(H,25,27). The summed E-state index contributed by atoms with van der Waals surface area (Å²) in [5.74, 6) is 0.827. The molecule has 1 aliphatic heterocycles. The molecule has 2 heterocycles. The first-order chi connectivity index (χ1) is 14.4. The number of carbonyl (C=O) groups excluding carboxylic acids is 3. The zero-order valence-corrected chi connectivity index (χ0v) is 17.6. The van der Waals surface area contributed by atoms with Gasteiger partial charge < -0.3 is 20.0 Å². The summed E-state index contributed by atoms with van der Waals surface area (Å²) >= 11 is 0. The van der Waals surface area contributed by atoms with E-state index in [0.29, 0.717) is 36.6 Å². The van der Waals surface area contributed by atoms with Crippen molar-refractivity contribution in [3.8, 4) is 0 Å². The van der Waals surface area contributed by atoms with Gasteiger partial charge in [-0.3, -0.25) is 14.4 Å². The predicted octanol–water partition coefficient (Wildman–Crippen LogP) is 2.37. The molecular weight excluding hydrogens is 382 g/mol. The van der Waals surface area contributed by atoms with Crippen LogP contribution < -0.4 is 10.6 Å². The molecule has 0 spiro atoms. The maximum Gasteiger partial charge on any atom is 0.255 e. The van der Waals surface area contributed by atoms with Crippen LogP contribution in [0, 0.1) is 13.8 Å². The summed E-state index contributed by atoms with van der Waals surface area (Å²) in [7, 11) is 0. The number of nitrogens with one attached hydrogen (secondary N) is 2. The molecule has 0 saturated carbocycles. The van der Waals surface area contributed by atoms with Gasteiger partial charge >= 0.3 is 0 Å². The fourth-order valence-corrected chi connectivity index (χ4v) is 3.69. The Kier molecular flexibility index (Phi) is 7.27. The van der Waals surface area contributed by atoms with Crippen LogP contribution in [0.25, 0.3) is 0 Å². The molecule has 1 saturated heterocycles. The number of hydrogen-bond donors (Lipinski definition) is 2. The third-order valence-corrected chi connectivity index (χ3v) is 5.38. The van der Waals surface area contributed by atoms with Crippen molar-refractivity contribution in [3.63, 3.8) is 0 Å². The highest BCUT2D eigenvalue weighted by atomic mass is 16.3. The van der Waals surface area contributed by atoms with Crippen LogP contribution in [0.5, 0.6) is 0 Å². The van der Waals surface area contributed by atoms with Crippen LogP contribution in [0.1, 0.15) is 46.7 Å². The highest BCUT2D eigenvalue weighted by Crippen LogP contribution is 2.14. The topological polar surface area (TPSA) is 91.7 Å². The Morgan fingerprint density at radius 3 is 2.43 bits per heavy atom. The van der Waals surface area contributed by atoms with Gasteiger partial charge in [0.1, 0.15) is 11.5 Å². The molecule has 2 aromatic rings. The number of hydrogen-bond acceptors (Lipinski definition) is 4. The van der Waals surface area contributed by atoms with Gasteiger partial charge in [-0.2, -0.15) is 0 Å². The summed E-state index contributed by atoms with van der Waals surface area (Å²) in [6.45, 7) is 4.60. The van der Waals surface area contributed by atoms with Gasteiger partial charge in [0, 0.05) is 25.6 Å². The monoisotopic (exact) mass is 411 g/mol. The second kappa shape index (κ2) is 10.1. The van der Waals surface area contributed by atoms with E-state index >= 15 is 0 Å². The first-order valence-corrected chi connectivity index (χ1v) is 10.4. The summed E-state index contributed by atoms with van der Waals surface area (Å²) < 4.78 is 5.35. The van der Waals surface area contributed by atoms with E-state index < -0.39 is 0 Å². The Balaban J connectivity index is 1.36. The third kappa shape index (κ3) is 5.95. The fourth-order valence-electron chi connectivity index (χ4n) is 3.69. The molecule has 0 aliphatic carbocycles. The molecule has 1 aromatic carbocycles. The second-order valence-electron chi connectivity index (χ2n) is 7.72. The Morgan fingerprint density at radius 1 is 1.10 bits per heavy atom. The van der Waals surface area contributed by atoms with Crippen molar-refractivity contribution in [1.29, 1.82) is 0 Å². The van der Waals surface area contributed by atoms with Crippen molar-refractivity contribution in [2.75, 3.05) is 19.6 Å². The smallest absolute Gasteiger partial charge is 0.255 e. The van der Waals surface area contributed by atoms with E-state index in [1.54, 1.807) is 24.8 Å². The van der Waals surface area contributed by atoms with E-state index in [0.717, 1.165) is 24.8 Å². The zero-order chi connectivity index (χ0) is 21.5. The molecule has 160 valence electrons. The van der Waals surface area contributed by atoms with Gasteiger partial charge in [0.25, 0.3) is 5.91 Å². The fraction of sp³-hybridized carbons (Fsp3) is 0.435. The quantitative estimate of drug-likeness (QED) is 0.732. The van der Waals surface area contributed by atoms with Crippen LogP contribution in [0.15, 0.2) is 40.8 Å². The Bertz CT molecular complexity index is 883. The van der Waals surface area contributed by atoms with Gasteiger partial charge in [0.2, 0.25) is 11.8 Å². The lowest BCUT2D eigenvalue weighted by molar-refractivity contribution is -0.131. The van der Waals surface area contributed by atoms with E-state index in [-0.39, 0.29) is 30.3 Å².